The van der Waals surface area contributed by atoms with Crippen LogP contribution in [-0.2, 0) is 28.6 Å². The van der Waals surface area contributed by atoms with Gasteiger partial charge in [-0.15, -0.1) is 0 Å². The molecule has 440 valence electrons. The van der Waals surface area contributed by atoms with Gasteiger partial charge in [-0.05, 0) is 77.0 Å². The van der Waals surface area contributed by atoms with E-state index in [1.54, 1.807) is 0 Å². The summed E-state index contributed by atoms with van der Waals surface area (Å²) in [5, 5.41) is 0. The summed E-state index contributed by atoms with van der Waals surface area (Å²) in [6, 6.07) is 0. The highest BCUT2D eigenvalue weighted by molar-refractivity contribution is 5.71. The molecule has 1 unspecified atom stereocenters. The van der Waals surface area contributed by atoms with Crippen molar-refractivity contribution in [1.29, 1.82) is 0 Å². The molecule has 1 atom stereocenters. The van der Waals surface area contributed by atoms with Crippen LogP contribution in [0.15, 0.2) is 36.5 Å². The zero-order valence-corrected chi connectivity index (χ0v) is 50.6. The van der Waals surface area contributed by atoms with Crippen LogP contribution >= 0.6 is 0 Å². The summed E-state index contributed by atoms with van der Waals surface area (Å²) in [6.07, 6.45) is 78.8. The predicted molar refractivity (Wildman–Crippen MR) is 326 cm³/mol. The van der Waals surface area contributed by atoms with Gasteiger partial charge in [0.2, 0.25) is 0 Å². The van der Waals surface area contributed by atoms with E-state index in [4.69, 9.17) is 14.2 Å². The maximum Gasteiger partial charge on any atom is 0.306 e. The smallest absolute Gasteiger partial charge is 0.306 e. The monoisotopic (exact) mass is 1050 g/mol. The largest absolute Gasteiger partial charge is 0.462 e. The predicted octanol–water partition coefficient (Wildman–Crippen LogP) is 22.8. The highest BCUT2D eigenvalue weighted by Gasteiger charge is 2.19. The van der Waals surface area contributed by atoms with Crippen molar-refractivity contribution < 1.29 is 28.6 Å². The molecule has 6 nitrogen and oxygen atoms in total. The molecule has 0 aliphatic rings. The standard InChI is InChI=1S/C69H128O6/c1-4-7-10-13-16-19-22-25-28-30-31-32-33-34-35-36-37-38-40-41-44-47-50-53-56-59-62-68(71)74-65-66(64-73-67(70)61-58-55-52-49-46-43-27-24-21-18-15-12-9-6-3)75-69(72)63-60-57-54-51-48-45-42-39-29-26-23-20-17-14-11-8-5-2/h17,20,24,26-27,29,66H,4-16,18-19,21-23,25,28,30-65H2,1-3H3/b20-17-,27-24-,29-26-. The molecule has 75 heavy (non-hydrogen) atoms. The van der Waals surface area contributed by atoms with Crippen molar-refractivity contribution in [2.75, 3.05) is 13.2 Å². The molecule has 0 radical (unpaired) electrons. The molecule has 0 aromatic heterocycles. The second-order valence-electron chi connectivity index (χ2n) is 22.7. The first-order chi connectivity index (χ1) is 37.0. The Labute approximate surface area is 467 Å². The van der Waals surface area contributed by atoms with E-state index in [1.165, 1.54) is 250 Å². The van der Waals surface area contributed by atoms with Gasteiger partial charge >= 0.3 is 17.9 Å². The molecule has 0 bridgehead atoms. The number of hydrogen-bond acceptors (Lipinski definition) is 6. The molecular weight excluding hydrogens is 925 g/mol. The molecule has 0 saturated heterocycles. The lowest BCUT2D eigenvalue weighted by Gasteiger charge is -2.18. The summed E-state index contributed by atoms with van der Waals surface area (Å²) < 4.78 is 16.9. The fraction of sp³-hybridized carbons (Fsp3) is 0.870. The van der Waals surface area contributed by atoms with E-state index in [0.717, 1.165) is 77.0 Å². The van der Waals surface area contributed by atoms with E-state index in [0.29, 0.717) is 19.3 Å². The maximum absolute atomic E-state index is 12.9. The van der Waals surface area contributed by atoms with Crippen LogP contribution in [0.1, 0.15) is 367 Å². The maximum atomic E-state index is 12.9. The molecule has 0 rings (SSSR count). The molecule has 0 amide bonds. The Morgan fingerprint density at radius 1 is 0.267 bits per heavy atom. The van der Waals surface area contributed by atoms with Crippen molar-refractivity contribution in [3.63, 3.8) is 0 Å². The fourth-order valence-electron chi connectivity index (χ4n) is 10.1. The second kappa shape index (κ2) is 64.2. The summed E-state index contributed by atoms with van der Waals surface area (Å²) in [6.45, 7) is 6.66. The summed E-state index contributed by atoms with van der Waals surface area (Å²) in [5.74, 6) is -0.867. The van der Waals surface area contributed by atoms with Crippen LogP contribution in [0.3, 0.4) is 0 Å². The Bertz CT molecular complexity index is 1250. The van der Waals surface area contributed by atoms with Crippen molar-refractivity contribution in [2.24, 2.45) is 0 Å². The van der Waals surface area contributed by atoms with Gasteiger partial charge in [-0.2, -0.15) is 0 Å². The Balaban J connectivity index is 4.23. The number of carbonyl (C=O) groups excluding carboxylic acids is 3. The minimum absolute atomic E-state index is 0.0738. The summed E-state index contributed by atoms with van der Waals surface area (Å²) >= 11 is 0. The summed E-state index contributed by atoms with van der Waals surface area (Å²) in [4.78, 5) is 38.3. The minimum atomic E-state index is -0.778. The number of ether oxygens (including phenoxy) is 3. The number of esters is 3. The normalized spacial score (nSPS) is 12.2. The third-order valence-corrected chi connectivity index (χ3v) is 15.1. The van der Waals surface area contributed by atoms with E-state index in [1.807, 2.05) is 0 Å². The van der Waals surface area contributed by atoms with E-state index >= 15 is 0 Å². The average Bonchev–Trinajstić information content (AvgIpc) is 3.41. The zero-order valence-electron chi connectivity index (χ0n) is 50.6. The average molecular weight is 1050 g/mol. The Hall–Kier alpha value is -2.37. The van der Waals surface area contributed by atoms with Gasteiger partial charge in [-0.3, -0.25) is 14.4 Å². The number of hydrogen-bond donors (Lipinski definition) is 0. The molecule has 0 aromatic rings. The van der Waals surface area contributed by atoms with Crippen LogP contribution in [-0.4, -0.2) is 37.2 Å². The third kappa shape index (κ3) is 62.4. The Morgan fingerprint density at radius 3 is 0.773 bits per heavy atom. The van der Waals surface area contributed by atoms with Gasteiger partial charge in [-0.1, -0.05) is 308 Å². The minimum Gasteiger partial charge on any atom is -0.462 e. The Kier molecular flexibility index (Phi) is 62.1. The third-order valence-electron chi connectivity index (χ3n) is 15.1. The molecule has 0 heterocycles. The fourth-order valence-corrected chi connectivity index (χ4v) is 10.1. The topological polar surface area (TPSA) is 78.9 Å². The Morgan fingerprint density at radius 2 is 0.480 bits per heavy atom. The van der Waals surface area contributed by atoms with Crippen molar-refractivity contribution in [1.82, 2.24) is 0 Å². The number of unbranched alkanes of at least 4 members (excludes halogenated alkanes) is 45. The van der Waals surface area contributed by atoms with Crippen molar-refractivity contribution >= 4 is 17.9 Å². The van der Waals surface area contributed by atoms with Crippen molar-refractivity contribution in [2.45, 2.75) is 374 Å². The number of rotatable bonds is 62. The number of carbonyl (C=O) groups is 3. The van der Waals surface area contributed by atoms with Crippen molar-refractivity contribution in [3.8, 4) is 0 Å². The van der Waals surface area contributed by atoms with E-state index in [9.17, 15) is 14.4 Å². The molecule has 0 spiro atoms. The SMILES string of the molecule is CCCCC/C=C\C/C=C\CCCCCCCCCC(=O)OC(COC(=O)CCCCCCC/C=C\CCCCCCC)COC(=O)CCCCCCCCCCCCCCCCCCCCCCCCCCCC. The van der Waals surface area contributed by atoms with Gasteiger partial charge in [0.15, 0.2) is 6.10 Å². The van der Waals surface area contributed by atoms with Gasteiger partial charge < -0.3 is 14.2 Å². The van der Waals surface area contributed by atoms with Crippen LogP contribution in [0.25, 0.3) is 0 Å². The quantitative estimate of drug-likeness (QED) is 0.0261. The summed E-state index contributed by atoms with van der Waals surface area (Å²) in [7, 11) is 0. The van der Waals surface area contributed by atoms with Crippen LogP contribution in [0.5, 0.6) is 0 Å². The molecule has 0 aliphatic carbocycles. The lowest BCUT2D eigenvalue weighted by atomic mass is 10.0. The molecule has 0 aliphatic heterocycles. The first kappa shape index (κ1) is 72.6. The first-order valence-corrected chi connectivity index (χ1v) is 33.5. The van der Waals surface area contributed by atoms with Crippen LogP contribution in [0.2, 0.25) is 0 Å². The first-order valence-electron chi connectivity index (χ1n) is 33.5. The van der Waals surface area contributed by atoms with E-state index in [-0.39, 0.29) is 31.1 Å². The molecule has 0 N–H and O–H groups in total. The molecule has 0 fully saturated rings. The highest BCUT2D eigenvalue weighted by Crippen LogP contribution is 2.18. The van der Waals surface area contributed by atoms with Gasteiger partial charge in [0.1, 0.15) is 13.2 Å². The van der Waals surface area contributed by atoms with Gasteiger partial charge in [0.25, 0.3) is 0 Å². The van der Waals surface area contributed by atoms with Gasteiger partial charge in [0.05, 0.1) is 0 Å². The lowest BCUT2D eigenvalue weighted by molar-refractivity contribution is -0.167. The number of allylic oxidation sites excluding steroid dienone is 6. The van der Waals surface area contributed by atoms with E-state index < -0.39 is 6.10 Å². The molecule has 0 saturated carbocycles. The van der Waals surface area contributed by atoms with Gasteiger partial charge in [-0.25, -0.2) is 0 Å². The second-order valence-corrected chi connectivity index (χ2v) is 22.7. The molecule has 0 aromatic carbocycles. The van der Waals surface area contributed by atoms with Crippen LogP contribution in [0.4, 0.5) is 0 Å². The summed E-state index contributed by atoms with van der Waals surface area (Å²) in [5.41, 5.74) is 0. The van der Waals surface area contributed by atoms with Crippen LogP contribution in [0, 0.1) is 0 Å². The van der Waals surface area contributed by atoms with Gasteiger partial charge in [0, 0.05) is 19.3 Å². The highest BCUT2D eigenvalue weighted by atomic mass is 16.6. The zero-order chi connectivity index (χ0) is 54.3. The van der Waals surface area contributed by atoms with E-state index in [2.05, 4.69) is 57.2 Å². The molecule has 6 heteroatoms. The van der Waals surface area contributed by atoms with Crippen molar-refractivity contribution in [3.05, 3.63) is 36.5 Å². The molecular formula is C69H128O6. The lowest BCUT2D eigenvalue weighted by Crippen LogP contribution is -2.30. The van der Waals surface area contributed by atoms with Crippen LogP contribution < -0.4 is 0 Å².